The van der Waals surface area contributed by atoms with E-state index in [0.29, 0.717) is 36.6 Å². The molecule has 132 valence electrons. The molecule has 1 N–H and O–H groups in total. The van der Waals surface area contributed by atoms with E-state index in [4.69, 9.17) is 9.47 Å². The topological polar surface area (TPSA) is 59.0 Å². The Morgan fingerprint density at radius 1 is 1.04 bits per heavy atom. The first kappa shape index (κ1) is 17.6. The zero-order valence-corrected chi connectivity index (χ0v) is 14.1. The number of ether oxygens (including phenoxy) is 2. The van der Waals surface area contributed by atoms with Gasteiger partial charge in [-0.05, 0) is 24.3 Å². The van der Waals surface area contributed by atoms with Crippen LogP contribution in [0.4, 0.5) is 0 Å². The lowest BCUT2D eigenvalue weighted by atomic mass is 10.0. The lowest BCUT2D eigenvalue weighted by Gasteiger charge is -2.28. The molecular formula is C20H23NO4. The summed E-state index contributed by atoms with van der Waals surface area (Å²) >= 11 is 0. The second-order valence-corrected chi connectivity index (χ2v) is 6.10. The maximum Gasteiger partial charge on any atom is 0.193 e. The first-order chi connectivity index (χ1) is 12.2. The van der Waals surface area contributed by atoms with Crippen LogP contribution in [0.15, 0.2) is 54.6 Å². The van der Waals surface area contributed by atoms with Crippen molar-refractivity contribution in [2.45, 2.75) is 6.10 Å². The van der Waals surface area contributed by atoms with Gasteiger partial charge in [-0.1, -0.05) is 30.3 Å². The second kappa shape index (κ2) is 8.76. The molecule has 25 heavy (non-hydrogen) atoms. The van der Waals surface area contributed by atoms with Gasteiger partial charge in [-0.3, -0.25) is 9.69 Å². The second-order valence-electron chi connectivity index (χ2n) is 6.10. The van der Waals surface area contributed by atoms with Crippen LogP contribution in [-0.2, 0) is 4.74 Å². The highest BCUT2D eigenvalue weighted by Gasteiger charge is 2.15. The molecule has 1 saturated heterocycles. The predicted molar refractivity (Wildman–Crippen MR) is 95.1 cm³/mol. The lowest BCUT2D eigenvalue weighted by molar-refractivity contribution is 0.00465. The number of morpholine rings is 1. The fourth-order valence-electron chi connectivity index (χ4n) is 2.79. The van der Waals surface area contributed by atoms with Crippen LogP contribution in [0.5, 0.6) is 5.75 Å². The molecule has 0 radical (unpaired) electrons. The number of ketones is 1. The van der Waals surface area contributed by atoms with Crippen molar-refractivity contribution in [2.24, 2.45) is 0 Å². The number of carbonyl (C=O) groups is 1. The van der Waals surface area contributed by atoms with Crippen LogP contribution < -0.4 is 4.74 Å². The third kappa shape index (κ3) is 5.13. The van der Waals surface area contributed by atoms with E-state index in [-0.39, 0.29) is 12.4 Å². The molecule has 0 amide bonds. The van der Waals surface area contributed by atoms with Crippen LogP contribution in [0, 0.1) is 0 Å². The zero-order chi connectivity index (χ0) is 17.5. The van der Waals surface area contributed by atoms with Crippen LogP contribution in [0.25, 0.3) is 0 Å². The van der Waals surface area contributed by atoms with Crippen LogP contribution >= 0.6 is 0 Å². The number of hydrogen-bond acceptors (Lipinski definition) is 5. The van der Waals surface area contributed by atoms with Crippen LogP contribution in [-0.4, -0.2) is 61.3 Å². The minimum atomic E-state index is -0.552. The summed E-state index contributed by atoms with van der Waals surface area (Å²) in [5.41, 5.74) is 1.28. The number of nitrogens with zero attached hydrogens (tertiary/aromatic N) is 1. The number of β-amino-alcohol motifs (C(OH)–C–C–N with tert-alkyl or cyclic N) is 1. The Bertz CT molecular complexity index is 666. The third-order valence-electron chi connectivity index (χ3n) is 4.17. The largest absolute Gasteiger partial charge is 0.491 e. The molecule has 2 aromatic carbocycles. The van der Waals surface area contributed by atoms with E-state index in [9.17, 15) is 9.90 Å². The maximum absolute atomic E-state index is 12.3. The summed E-state index contributed by atoms with van der Waals surface area (Å²) in [5.74, 6) is 0.630. The Morgan fingerprint density at radius 3 is 2.36 bits per heavy atom. The molecular weight excluding hydrogens is 318 g/mol. The Morgan fingerprint density at radius 2 is 1.68 bits per heavy atom. The molecule has 1 fully saturated rings. The van der Waals surface area contributed by atoms with E-state index in [1.807, 2.05) is 18.2 Å². The van der Waals surface area contributed by atoms with Crippen molar-refractivity contribution in [3.63, 3.8) is 0 Å². The lowest BCUT2D eigenvalue weighted by Crippen LogP contribution is -2.42. The minimum Gasteiger partial charge on any atom is -0.491 e. The van der Waals surface area contributed by atoms with Gasteiger partial charge < -0.3 is 14.6 Å². The third-order valence-corrected chi connectivity index (χ3v) is 4.17. The molecule has 2 aromatic rings. The van der Waals surface area contributed by atoms with Gasteiger partial charge >= 0.3 is 0 Å². The van der Waals surface area contributed by atoms with Crippen LogP contribution in [0.1, 0.15) is 15.9 Å². The number of aliphatic hydroxyl groups is 1. The summed E-state index contributed by atoms with van der Waals surface area (Å²) in [5, 5.41) is 10.1. The summed E-state index contributed by atoms with van der Waals surface area (Å²) in [6.45, 7) is 3.91. The maximum atomic E-state index is 12.3. The fourth-order valence-corrected chi connectivity index (χ4v) is 2.79. The van der Waals surface area contributed by atoms with Gasteiger partial charge in [-0.25, -0.2) is 0 Å². The Balaban J connectivity index is 1.49. The number of benzene rings is 2. The van der Waals surface area contributed by atoms with Gasteiger partial charge in [-0.2, -0.15) is 0 Å². The highest BCUT2D eigenvalue weighted by atomic mass is 16.5. The molecule has 1 aliphatic heterocycles. The van der Waals surface area contributed by atoms with E-state index in [1.54, 1.807) is 36.4 Å². The zero-order valence-electron chi connectivity index (χ0n) is 14.1. The summed E-state index contributed by atoms with van der Waals surface area (Å²) in [7, 11) is 0. The quantitative estimate of drug-likeness (QED) is 0.781. The highest BCUT2D eigenvalue weighted by molar-refractivity contribution is 6.08. The van der Waals surface area contributed by atoms with Gasteiger partial charge in [0.05, 0.1) is 13.2 Å². The molecule has 0 aliphatic carbocycles. The number of aliphatic hydroxyl groups excluding tert-OH is 1. The molecule has 3 rings (SSSR count). The SMILES string of the molecule is O=C(c1ccccc1)c1ccc(OC[C@H](O)CN2CCOCC2)cc1. The molecule has 1 heterocycles. The van der Waals surface area contributed by atoms with Crippen molar-refractivity contribution in [2.75, 3.05) is 39.5 Å². The molecule has 0 bridgehead atoms. The van der Waals surface area contributed by atoms with Crippen molar-refractivity contribution >= 4 is 5.78 Å². The summed E-state index contributed by atoms with van der Waals surface area (Å²) < 4.78 is 10.9. The molecule has 0 spiro atoms. The van der Waals surface area contributed by atoms with Gasteiger partial charge in [0.25, 0.3) is 0 Å². The van der Waals surface area contributed by atoms with Gasteiger partial charge in [0.1, 0.15) is 18.5 Å². The van der Waals surface area contributed by atoms with Crippen molar-refractivity contribution in [1.29, 1.82) is 0 Å². The van der Waals surface area contributed by atoms with Crippen molar-refractivity contribution in [3.8, 4) is 5.75 Å². The summed E-state index contributed by atoms with van der Waals surface area (Å²) in [6, 6.07) is 16.2. The standard InChI is InChI=1S/C20H23NO4/c22-18(14-21-10-12-24-13-11-21)15-25-19-8-6-17(7-9-19)20(23)16-4-2-1-3-5-16/h1-9,18,22H,10-15H2/t18-/m1/s1. The summed E-state index contributed by atoms with van der Waals surface area (Å²) in [4.78, 5) is 14.5. The van der Waals surface area contributed by atoms with E-state index < -0.39 is 6.10 Å². The van der Waals surface area contributed by atoms with Gasteiger partial charge in [0.15, 0.2) is 5.78 Å². The first-order valence-electron chi connectivity index (χ1n) is 8.53. The number of carbonyl (C=O) groups excluding carboxylic acids is 1. The Hall–Kier alpha value is -2.21. The predicted octanol–water partition coefficient (Wildman–Crippen LogP) is 1.99. The minimum absolute atomic E-state index is 0.0143. The van der Waals surface area contributed by atoms with Crippen LogP contribution in [0.2, 0.25) is 0 Å². The van der Waals surface area contributed by atoms with Gasteiger partial charge in [-0.15, -0.1) is 0 Å². The Labute approximate surface area is 147 Å². The van der Waals surface area contributed by atoms with E-state index >= 15 is 0 Å². The van der Waals surface area contributed by atoms with Crippen molar-refractivity contribution < 1.29 is 19.4 Å². The average molecular weight is 341 g/mol. The molecule has 5 nitrogen and oxygen atoms in total. The van der Waals surface area contributed by atoms with Crippen molar-refractivity contribution in [1.82, 2.24) is 4.90 Å². The van der Waals surface area contributed by atoms with Gasteiger partial charge in [0.2, 0.25) is 0 Å². The number of hydrogen-bond donors (Lipinski definition) is 1. The monoisotopic (exact) mass is 341 g/mol. The van der Waals surface area contributed by atoms with E-state index in [2.05, 4.69) is 4.90 Å². The van der Waals surface area contributed by atoms with Gasteiger partial charge in [0, 0.05) is 30.8 Å². The molecule has 0 saturated carbocycles. The molecule has 1 aliphatic rings. The number of rotatable bonds is 7. The average Bonchev–Trinajstić information content (AvgIpc) is 2.68. The summed E-state index contributed by atoms with van der Waals surface area (Å²) in [6.07, 6.45) is -0.552. The van der Waals surface area contributed by atoms with E-state index in [0.717, 1.165) is 13.1 Å². The Kier molecular flexibility index (Phi) is 6.17. The molecule has 5 heteroatoms. The molecule has 0 aromatic heterocycles. The fraction of sp³-hybridized carbons (Fsp3) is 0.350. The molecule has 1 atom stereocenters. The normalized spacial score (nSPS) is 16.4. The first-order valence-corrected chi connectivity index (χ1v) is 8.53. The highest BCUT2D eigenvalue weighted by Crippen LogP contribution is 2.16. The van der Waals surface area contributed by atoms with E-state index in [1.165, 1.54) is 0 Å². The van der Waals surface area contributed by atoms with Crippen molar-refractivity contribution in [3.05, 3.63) is 65.7 Å². The van der Waals surface area contributed by atoms with Crippen LogP contribution in [0.3, 0.4) is 0 Å². The molecule has 0 unspecified atom stereocenters. The smallest absolute Gasteiger partial charge is 0.193 e.